The fourth-order valence-electron chi connectivity index (χ4n) is 3.58. The molecule has 0 bridgehead atoms. The predicted molar refractivity (Wildman–Crippen MR) is 83.1 cm³/mol. The van der Waals surface area contributed by atoms with Crippen molar-refractivity contribution in [2.45, 2.75) is 45.9 Å². The number of hydrogen-bond acceptors (Lipinski definition) is 3. The van der Waals surface area contributed by atoms with Gasteiger partial charge in [-0.15, -0.1) is 0 Å². The molecular weight excluding hydrogens is 264 g/mol. The fraction of sp³-hybridized carbons (Fsp3) is 0.588. The molecule has 0 saturated carbocycles. The number of benzene rings is 1. The summed E-state index contributed by atoms with van der Waals surface area (Å²) in [6.07, 6.45) is 1.09. The first-order chi connectivity index (χ1) is 10.1. The molecule has 21 heavy (non-hydrogen) atoms. The molecule has 4 unspecified atom stereocenters. The van der Waals surface area contributed by atoms with Gasteiger partial charge in [0.25, 0.3) is 0 Å². The highest BCUT2D eigenvalue weighted by Crippen LogP contribution is 2.33. The number of hydrogen-bond donors (Lipinski definition) is 2. The first-order valence-corrected chi connectivity index (χ1v) is 7.85. The highest BCUT2D eigenvalue weighted by molar-refractivity contribution is 5.94. The molecule has 4 atom stereocenters. The van der Waals surface area contributed by atoms with Crippen LogP contribution in [0.4, 0.5) is 5.69 Å². The third-order valence-electron chi connectivity index (χ3n) is 4.94. The number of fused-ring (bicyclic) bond motifs is 1. The van der Waals surface area contributed by atoms with E-state index in [9.17, 15) is 4.79 Å². The number of amides is 1. The van der Waals surface area contributed by atoms with Gasteiger partial charge in [-0.1, -0.05) is 19.1 Å². The molecule has 4 heteroatoms. The molecule has 1 aromatic rings. The Kier molecular flexibility index (Phi) is 4.00. The Labute approximate surface area is 126 Å². The van der Waals surface area contributed by atoms with Gasteiger partial charge in [0.05, 0.1) is 18.1 Å². The molecule has 1 aromatic carbocycles. The third kappa shape index (κ3) is 2.70. The van der Waals surface area contributed by atoms with E-state index in [1.54, 1.807) is 0 Å². The van der Waals surface area contributed by atoms with Crippen molar-refractivity contribution in [1.29, 1.82) is 0 Å². The number of nitrogens with one attached hydrogen (secondary N) is 2. The minimum atomic E-state index is -0.0717. The lowest BCUT2D eigenvalue weighted by Gasteiger charge is -2.23. The molecular formula is C17H24N2O2. The van der Waals surface area contributed by atoms with Gasteiger partial charge in [-0.05, 0) is 49.9 Å². The van der Waals surface area contributed by atoms with Gasteiger partial charge >= 0.3 is 0 Å². The zero-order chi connectivity index (χ0) is 15.0. The largest absolute Gasteiger partial charge is 0.374 e. The van der Waals surface area contributed by atoms with Gasteiger partial charge in [-0.25, -0.2) is 0 Å². The molecule has 0 aromatic heterocycles. The third-order valence-corrected chi connectivity index (χ3v) is 4.94. The summed E-state index contributed by atoms with van der Waals surface area (Å²) in [5, 5.41) is 6.51. The maximum Gasteiger partial charge on any atom is 0.230 e. The Morgan fingerprint density at radius 3 is 2.81 bits per heavy atom. The Morgan fingerprint density at radius 1 is 1.29 bits per heavy atom. The summed E-state index contributed by atoms with van der Waals surface area (Å²) in [6.45, 7) is 7.99. The molecule has 1 fully saturated rings. The highest BCUT2D eigenvalue weighted by Gasteiger charge is 2.41. The van der Waals surface area contributed by atoms with E-state index in [4.69, 9.17) is 4.74 Å². The average Bonchev–Trinajstić information content (AvgIpc) is 2.72. The monoisotopic (exact) mass is 288 g/mol. The second kappa shape index (κ2) is 5.78. The van der Waals surface area contributed by atoms with E-state index >= 15 is 0 Å². The van der Waals surface area contributed by atoms with Gasteiger partial charge in [-0.3, -0.25) is 4.79 Å². The molecule has 3 rings (SSSR count). The minimum absolute atomic E-state index is 0.0174. The smallest absolute Gasteiger partial charge is 0.230 e. The Balaban J connectivity index is 1.79. The van der Waals surface area contributed by atoms with E-state index in [2.05, 4.69) is 23.6 Å². The predicted octanol–water partition coefficient (Wildman–Crippen LogP) is 2.33. The molecule has 0 spiro atoms. The van der Waals surface area contributed by atoms with Crippen molar-refractivity contribution < 1.29 is 9.53 Å². The second-order valence-electron chi connectivity index (χ2n) is 6.29. The van der Waals surface area contributed by atoms with Crippen molar-refractivity contribution in [1.82, 2.24) is 5.32 Å². The van der Waals surface area contributed by atoms with Crippen LogP contribution in [0.3, 0.4) is 0 Å². The van der Waals surface area contributed by atoms with Crippen molar-refractivity contribution in [2.75, 3.05) is 11.9 Å². The van der Waals surface area contributed by atoms with Crippen molar-refractivity contribution in [2.24, 2.45) is 11.8 Å². The topological polar surface area (TPSA) is 50.4 Å². The summed E-state index contributed by atoms with van der Waals surface area (Å²) >= 11 is 0. The minimum Gasteiger partial charge on any atom is -0.374 e. The summed E-state index contributed by atoms with van der Waals surface area (Å²) in [6, 6.07) is 6.15. The summed E-state index contributed by atoms with van der Waals surface area (Å²) in [7, 11) is 0. The quantitative estimate of drug-likeness (QED) is 0.878. The van der Waals surface area contributed by atoms with Crippen LogP contribution in [-0.2, 0) is 22.5 Å². The Hall–Kier alpha value is -1.39. The van der Waals surface area contributed by atoms with Gasteiger partial charge in [-0.2, -0.15) is 0 Å². The molecule has 1 amide bonds. The molecule has 2 aliphatic rings. The van der Waals surface area contributed by atoms with E-state index in [-0.39, 0.29) is 30.0 Å². The van der Waals surface area contributed by atoms with E-state index < -0.39 is 0 Å². The Morgan fingerprint density at radius 2 is 2.10 bits per heavy atom. The maximum atomic E-state index is 12.7. The summed E-state index contributed by atoms with van der Waals surface area (Å²) < 4.78 is 5.79. The number of carbonyl (C=O) groups is 1. The first-order valence-electron chi connectivity index (χ1n) is 7.85. The molecule has 2 heterocycles. The molecule has 0 radical (unpaired) electrons. The summed E-state index contributed by atoms with van der Waals surface area (Å²) in [4.78, 5) is 12.7. The zero-order valence-corrected chi connectivity index (χ0v) is 13.0. The van der Waals surface area contributed by atoms with E-state index in [0.717, 1.165) is 25.2 Å². The number of rotatable bonds is 2. The van der Waals surface area contributed by atoms with Crippen LogP contribution in [0.1, 0.15) is 31.9 Å². The van der Waals surface area contributed by atoms with Crippen LogP contribution in [0, 0.1) is 11.8 Å². The highest BCUT2D eigenvalue weighted by atomic mass is 16.5. The van der Waals surface area contributed by atoms with Gasteiger partial charge in [0.1, 0.15) is 0 Å². The van der Waals surface area contributed by atoms with Gasteiger partial charge in [0.2, 0.25) is 5.91 Å². The lowest BCUT2D eigenvalue weighted by Crippen LogP contribution is -2.33. The molecule has 2 N–H and O–H groups in total. The van der Waals surface area contributed by atoms with Gasteiger partial charge in [0.15, 0.2) is 0 Å². The number of anilines is 1. The van der Waals surface area contributed by atoms with Crippen LogP contribution in [-0.4, -0.2) is 24.7 Å². The van der Waals surface area contributed by atoms with Crippen LogP contribution in [0.25, 0.3) is 0 Å². The summed E-state index contributed by atoms with van der Waals surface area (Å²) in [5.41, 5.74) is 3.53. The van der Waals surface area contributed by atoms with Crippen LogP contribution < -0.4 is 10.6 Å². The van der Waals surface area contributed by atoms with Gasteiger partial charge < -0.3 is 15.4 Å². The second-order valence-corrected chi connectivity index (χ2v) is 6.29. The lowest BCUT2D eigenvalue weighted by molar-refractivity contribution is -0.121. The fourth-order valence-corrected chi connectivity index (χ4v) is 3.58. The molecule has 4 nitrogen and oxygen atoms in total. The van der Waals surface area contributed by atoms with Crippen molar-refractivity contribution in [3.8, 4) is 0 Å². The molecule has 114 valence electrons. The zero-order valence-electron chi connectivity index (χ0n) is 13.0. The lowest BCUT2D eigenvalue weighted by atomic mass is 9.88. The van der Waals surface area contributed by atoms with Gasteiger partial charge in [0, 0.05) is 12.2 Å². The molecule has 1 saturated heterocycles. The van der Waals surface area contributed by atoms with Crippen LogP contribution in [0.5, 0.6) is 0 Å². The van der Waals surface area contributed by atoms with Crippen LogP contribution >= 0.6 is 0 Å². The summed E-state index contributed by atoms with van der Waals surface area (Å²) in [5.74, 6) is 0.269. The molecule has 0 aliphatic carbocycles. The van der Waals surface area contributed by atoms with Crippen LogP contribution in [0.2, 0.25) is 0 Å². The first kappa shape index (κ1) is 14.5. The van der Waals surface area contributed by atoms with E-state index in [1.165, 1.54) is 11.1 Å². The average molecular weight is 288 g/mol. The SMILES string of the molecule is CC1OC(C)C(C(=O)Nc2cccc3c2CCNC3)C1C. The Bertz CT molecular complexity index is 544. The normalized spacial score (nSPS) is 31.8. The standard InChI is InChI=1S/C17H24N2O2/c1-10-11(2)21-12(3)16(10)17(20)19-15-6-4-5-13-9-18-8-7-14(13)15/h4-6,10-12,16,18H,7-9H2,1-3H3,(H,19,20). The maximum absolute atomic E-state index is 12.7. The van der Waals surface area contributed by atoms with Crippen molar-refractivity contribution >= 4 is 11.6 Å². The number of ether oxygens (including phenoxy) is 1. The number of carbonyl (C=O) groups excluding carboxylic acids is 1. The van der Waals surface area contributed by atoms with E-state index in [1.807, 2.05) is 26.0 Å². The van der Waals surface area contributed by atoms with Crippen molar-refractivity contribution in [3.05, 3.63) is 29.3 Å². The molecule has 2 aliphatic heterocycles. The van der Waals surface area contributed by atoms with Crippen molar-refractivity contribution in [3.63, 3.8) is 0 Å². The van der Waals surface area contributed by atoms with Crippen LogP contribution in [0.15, 0.2) is 18.2 Å². The van der Waals surface area contributed by atoms with E-state index in [0.29, 0.717) is 0 Å².